The van der Waals surface area contributed by atoms with Crippen LogP contribution in [0, 0.1) is 0 Å². The highest BCUT2D eigenvalue weighted by Gasteiger charge is 1.98. The second-order valence-corrected chi connectivity index (χ2v) is 3.75. The van der Waals surface area contributed by atoms with E-state index >= 15 is 0 Å². The van der Waals surface area contributed by atoms with Crippen molar-refractivity contribution >= 4 is 0 Å². The second kappa shape index (κ2) is 12.7. The maximum absolute atomic E-state index is 5.68. The molecule has 0 aromatic carbocycles. The van der Waals surface area contributed by atoms with Crippen molar-refractivity contribution in [3.8, 4) is 0 Å². The Morgan fingerprint density at radius 1 is 1.32 bits per heavy atom. The summed E-state index contributed by atoms with van der Waals surface area (Å²) in [5.41, 5.74) is 1.27. The number of rotatable bonds is 5. The van der Waals surface area contributed by atoms with Crippen LogP contribution in [0.2, 0.25) is 0 Å². The van der Waals surface area contributed by atoms with Crippen molar-refractivity contribution in [2.24, 2.45) is 0 Å². The summed E-state index contributed by atoms with van der Waals surface area (Å²) in [5.74, 6) is 0.805. The van der Waals surface area contributed by atoms with Gasteiger partial charge in [-0.2, -0.15) is 0 Å². The lowest BCUT2D eigenvalue weighted by Gasteiger charge is -2.09. The van der Waals surface area contributed by atoms with Crippen molar-refractivity contribution in [1.29, 1.82) is 0 Å². The van der Waals surface area contributed by atoms with E-state index in [1.807, 2.05) is 39.0 Å². The average molecular weight is 258 g/mol. The van der Waals surface area contributed by atoms with Crippen molar-refractivity contribution in [2.75, 3.05) is 6.61 Å². The van der Waals surface area contributed by atoms with Gasteiger partial charge in [0.15, 0.2) is 0 Å². The third-order valence-corrected chi connectivity index (χ3v) is 2.37. The van der Waals surface area contributed by atoms with Gasteiger partial charge >= 0.3 is 0 Å². The van der Waals surface area contributed by atoms with Crippen LogP contribution < -0.4 is 0 Å². The lowest BCUT2D eigenvalue weighted by atomic mass is 10.1. The summed E-state index contributed by atoms with van der Waals surface area (Å²) in [6.45, 7) is 10.3. The molecule has 1 nitrogen and oxygen atoms in total. The molecule has 0 saturated carbocycles. The SMILES string of the molecule is C=C/C(=C\C=C\C)OC/C1=C/C=CC/C=C\C1.CC. The number of ether oxygens (including phenoxy) is 1. The molecule has 0 unspecified atom stereocenters. The van der Waals surface area contributed by atoms with Crippen molar-refractivity contribution in [2.45, 2.75) is 33.6 Å². The number of hydrogen-bond acceptors (Lipinski definition) is 1. The minimum atomic E-state index is 0.615. The Labute approximate surface area is 118 Å². The molecule has 0 saturated heterocycles. The van der Waals surface area contributed by atoms with Crippen LogP contribution in [0.4, 0.5) is 0 Å². The zero-order valence-corrected chi connectivity index (χ0v) is 12.4. The van der Waals surface area contributed by atoms with Crippen molar-refractivity contribution in [3.63, 3.8) is 0 Å². The summed E-state index contributed by atoms with van der Waals surface area (Å²) in [6.07, 6.45) is 20.2. The Hall–Kier alpha value is -1.76. The summed E-state index contributed by atoms with van der Waals surface area (Å²) in [7, 11) is 0. The average Bonchev–Trinajstić information content (AvgIpc) is 2.43. The van der Waals surface area contributed by atoms with E-state index in [1.165, 1.54) is 5.57 Å². The molecule has 0 aromatic heterocycles. The summed E-state index contributed by atoms with van der Waals surface area (Å²) in [4.78, 5) is 0. The molecule has 1 aliphatic rings. The van der Waals surface area contributed by atoms with E-state index in [-0.39, 0.29) is 0 Å². The quantitative estimate of drug-likeness (QED) is 0.359. The minimum absolute atomic E-state index is 0.615. The molecule has 0 aliphatic heterocycles. The standard InChI is InChI=1S/C16H20O.C2H6/c1-3-5-13-16(4-2)17-14-15-11-9-7-6-8-10-12-15;1-2/h3-5,7-11,13H,2,6,12,14H2,1H3;1-2H3/b5-3+,9-7?,10-8-,15-11+,16-13+;. The van der Waals surface area contributed by atoms with Gasteiger partial charge in [-0.3, -0.25) is 0 Å². The van der Waals surface area contributed by atoms with Crippen LogP contribution in [-0.4, -0.2) is 6.61 Å². The van der Waals surface area contributed by atoms with Gasteiger partial charge in [-0.15, -0.1) is 0 Å². The van der Waals surface area contributed by atoms with Gasteiger partial charge in [-0.05, 0) is 37.5 Å². The van der Waals surface area contributed by atoms with Crippen molar-refractivity contribution in [1.82, 2.24) is 0 Å². The molecule has 0 heterocycles. The van der Waals surface area contributed by atoms with Crippen LogP contribution in [0.3, 0.4) is 0 Å². The molecule has 1 aliphatic carbocycles. The van der Waals surface area contributed by atoms with Crippen molar-refractivity contribution in [3.05, 3.63) is 72.6 Å². The normalized spacial score (nSPS) is 19.5. The highest BCUT2D eigenvalue weighted by atomic mass is 16.5. The molecule has 0 N–H and O–H groups in total. The van der Waals surface area contributed by atoms with Crippen LogP contribution in [0.25, 0.3) is 0 Å². The van der Waals surface area contributed by atoms with E-state index in [0.29, 0.717) is 6.61 Å². The van der Waals surface area contributed by atoms with E-state index in [0.717, 1.165) is 18.6 Å². The van der Waals surface area contributed by atoms with Crippen molar-refractivity contribution < 1.29 is 4.74 Å². The molecule has 0 aromatic rings. The van der Waals surface area contributed by atoms with Gasteiger partial charge < -0.3 is 4.74 Å². The first-order chi connectivity index (χ1) is 9.36. The van der Waals surface area contributed by atoms with E-state index in [1.54, 1.807) is 6.08 Å². The predicted octanol–water partition coefficient (Wildman–Crippen LogP) is 5.51. The van der Waals surface area contributed by atoms with Crippen LogP contribution in [0.1, 0.15) is 33.6 Å². The summed E-state index contributed by atoms with van der Waals surface area (Å²) in [5, 5.41) is 0. The van der Waals surface area contributed by atoms with E-state index in [2.05, 4.69) is 37.0 Å². The second-order valence-electron chi connectivity index (χ2n) is 3.75. The van der Waals surface area contributed by atoms with Gasteiger partial charge in [0, 0.05) is 0 Å². The first-order valence-electron chi connectivity index (χ1n) is 6.94. The third kappa shape index (κ3) is 8.90. The summed E-state index contributed by atoms with van der Waals surface area (Å²) >= 11 is 0. The zero-order valence-electron chi connectivity index (χ0n) is 12.4. The Morgan fingerprint density at radius 2 is 2.11 bits per heavy atom. The molecule has 104 valence electrons. The Balaban J connectivity index is 0.00000154. The van der Waals surface area contributed by atoms with E-state index < -0.39 is 0 Å². The first kappa shape index (κ1) is 17.2. The van der Waals surface area contributed by atoms with Gasteiger partial charge in [-0.1, -0.05) is 63.0 Å². The first-order valence-corrected chi connectivity index (χ1v) is 6.94. The molecular formula is C18H26O. The Bertz CT molecular complexity index is 378. The molecule has 0 amide bonds. The highest BCUT2D eigenvalue weighted by molar-refractivity contribution is 5.21. The Morgan fingerprint density at radius 3 is 2.79 bits per heavy atom. The Kier molecular flexibility index (Phi) is 11.5. The molecule has 0 bridgehead atoms. The molecule has 0 radical (unpaired) electrons. The lowest BCUT2D eigenvalue weighted by Crippen LogP contribution is -1.97. The minimum Gasteiger partial charge on any atom is -0.489 e. The molecule has 1 heteroatoms. The smallest absolute Gasteiger partial charge is 0.119 e. The molecule has 1 rings (SSSR count). The van der Waals surface area contributed by atoms with Crippen LogP contribution in [0.15, 0.2) is 72.6 Å². The predicted molar refractivity (Wildman–Crippen MR) is 86.0 cm³/mol. The molecule has 19 heavy (non-hydrogen) atoms. The van der Waals surface area contributed by atoms with Crippen LogP contribution >= 0.6 is 0 Å². The monoisotopic (exact) mass is 258 g/mol. The third-order valence-electron chi connectivity index (χ3n) is 2.37. The van der Waals surface area contributed by atoms with E-state index in [4.69, 9.17) is 4.74 Å². The zero-order chi connectivity index (χ0) is 14.3. The van der Waals surface area contributed by atoms with Gasteiger partial charge in [-0.25, -0.2) is 0 Å². The van der Waals surface area contributed by atoms with Crippen LogP contribution in [0.5, 0.6) is 0 Å². The largest absolute Gasteiger partial charge is 0.489 e. The van der Waals surface area contributed by atoms with Gasteiger partial charge in [0.05, 0.1) is 0 Å². The highest BCUT2D eigenvalue weighted by Crippen LogP contribution is 2.10. The topological polar surface area (TPSA) is 9.23 Å². The fraction of sp³-hybridized carbons (Fsp3) is 0.333. The maximum atomic E-state index is 5.68. The van der Waals surface area contributed by atoms with Gasteiger partial charge in [0.1, 0.15) is 12.4 Å². The van der Waals surface area contributed by atoms with Crippen LogP contribution in [-0.2, 0) is 4.74 Å². The molecule has 0 atom stereocenters. The fourth-order valence-corrected chi connectivity index (χ4v) is 1.41. The fourth-order valence-electron chi connectivity index (χ4n) is 1.41. The molecular weight excluding hydrogens is 232 g/mol. The lowest BCUT2D eigenvalue weighted by molar-refractivity contribution is 0.251. The maximum Gasteiger partial charge on any atom is 0.119 e. The molecule has 0 fully saturated rings. The number of hydrogen-bond donors (Lipinski definition) is 0. The number of allylic oxidation sites excluding steroid dienone is 9. The van der Waals surface area contributed by atoms with Gasteiger partial charge in [0.25, 0.3) is 0 Å². The summed E-state index contributed by atoms with van der Waals surface area (Å²) < 4.78 is 5.68. The molecule has 0 spiro atoms. The van der Waals surface area contributed by atoms with E-state index in [9.17, 15) is 0 Å². The summed E-state index contributed by atoms with van der Waals surface area (Å²) in [6, 6.07) is 0. The van der Waals surface area contributed by atoms with Gasteiger partial charge in [0.2, 0.25) is 0 Å².